The Hall–Kier alpha value is -3.02. The number of amides is 1. The Morgan fingerprint density at radius 3 is 2.74 bits per heavy atom. The number of nitrogens with zero attached hydrogens (tertiary/aromatic N) is 3. The van der Waals surface area contributed by atoms with Crippen LogP contribution in [0.1, 0.15) is 24.5 Å². The van der Waals surface area contributed by atoms with Gasteiger partial charge in [0, 0.05) is 36.3 Å². The zero-order chi connectivity index (χ0) is 18.6. The molecule has 1 saturated heterocycles. The number of ether oxygens (including phenoxy) is 1. The Bertz CT molecular complexity index is 955. The van der Waals surface area contributed by atoms with Crippen LogP contribution in [0.4, 0.5) is 4.39 Å². The van der Waals surface area contributed by atoms with E-state index in [0.29, 0.717) is 19.0 Å². The minimum absolute atomic E-state index is 0.105. The fourth-order valence-corrected chi connectivity index (χ4v) is 3.41. The molecule has 27 heavy (non-hydrogen) atoms. The average molecular weight is 365 g/mol. The van der Waals surface area contributed by atoms with Gasteiger partial charge in [0.25, 0.3) is 5.91 Å². The summed E-state index contributed by atoms with van der Waals surface area (Å²) < 4.78 is 18.9. The number of likely N-dealkylation sites (tertiary alicyclic amines) is 1. The molecular formula is C21H20FN3O2. The summed E-state index contributed by atoms with van der Waals surface area (Å²) >= 11 is 0. The summed E-state index contributed by atoms with van der Waals surface area (Å²) in [4.78, 5) is 23.1. The second-order valence-corrected chi connectivity index (χ2v) is 6.66. The molecule has 1 amide bonds. The molecule has 0 N–H and O–H groups in total. The van der Waals surface area contributed by atoms with Gasteiger partial charge in [-0.2, -0.15) is 0 Å². The first-order chi connectivity index (χ1) is 13.2. The van der Waals surface area contributed by atoms with Crippen molar-refractivity contribution in [1.29, 1.82) is 0 Å². The highest BCUT2D eigenvalue weighted by molar-refractivity contribution is 5.78. The SMILES string of the molecule is O=C(COc1ccccc1F)N1CCC(c2ccc3cccnc3n2)CC1. The van der Waals surface area contributed by atoms with Crippen LogP contribution in [-0.4, -0.2) is 40.5 Å². The number of carbonyl (C=O) groups excluding carboxylic acids is 1. The molecule has 3 heterocycles. The summed E-state index contributed by atoms with van der Waals surface area (Å²) in [5, 5.41) is 1.03. The third-order valence-corrected chi connectivity index (χ3v) is 4.94. The van der Waals surface area contributed by atoms with Crippen molar-refractivity contribution in [1.82, 2.24) is 14.9 Å². The molecule has 0 spiro atoms. The Labute approximate surface area is 156 Å². The third kappa shape index (κ3) is 3.89. The van der Waals surface area contributed by atoms with Crippen molar-refractivity contribution in [2.45, 2.75) is 18.8 Å². The largest absolute Gasteiger partial charge is 0.481 e. The first kappa shape index (κ1) is 17.4. The number of carbonyl (C=O) groups is 1. The fraction of sp³-hybridized carbons (Fsp3) is 0.286. The van der Waals surface area contributed by atoms with Gasteiger partial charge in [-0.25, -0.2) is 14.4 Å². The van der Waals surface area contributed by atoms with Crippen molar-refractivity contribution in [2.75, 3.05) is 19.7 Å². The van der Waals surface area contributed by atoms with Gasteiger partial charge in [0.05, 0.1) is 0 Å². The highest BCUT2D eigenvalue weighted by atomic mass is 19.1. The third-order valence-electron chi connectivity index (χ3n) is 4.94. The quantitative estimate of drug-likeness (QED) is 0.709. The maximum absolute atomic E-state index is 13.6. The van der Waals surface area contributed by atoms with Gasteiger partial charge in [-0.05, 0) is 49.2 Å². The van der Waals surface area contributed by atoms with E-state index in [1.807, 2.05) is 24.3 Å². The van der Waals surface area contributed by atoms with Crippen LogP contribution in [0, 0.1) is 5.82 Å². The molecule has 2 aromatic heterocycles. The van der Waals surface area contributed by atoms with Crippen LogP contribution in [0.3, 0.4) is 0 Å². The van der Waals surface area contributed by atoms with Crippen LogP contribution >= 0.6 is 0 Å². The Kier molecular flexibility index (Phi) is 4.96. The molecule has 5 nitrogen and oxygen atoms in total. The second kappa shape index (κ2) is 7.70. The van der Waals surface area contributed by atoms with Crippen molar-refractivity contribution in [2.24, 2.45) is 0 Å². The van der Waals surface area contributed by atoms with E-state index in [1.165, 1.54) is 12.1 Å². The Morgan fingerprint density at radius 2 is 1.93 bits per heavy atom. The number of hydrogen-bond donors (Lipinski definition) is 0. The minimum Gasteiger partial charge on any atom is -0.481 e. The molecule has 0 unspecified atom stereocenters. The number of hydrogen-bond acceptors (Lipinski definition) is 4. The fourth-order valence-electron chi connectivity index (χ4n) is 3.41. The van der Waals surface area contributed by atoms with E-state index in [-0.39, 0.29) is 18.3 Å². The van der Waals surface area contributed by atoms with Crippen molar-refractivity contribution >= 4 is 16.9 Å². The van der Waals surface area contributed by atoms with E-state index in [0.717, 1.165) is 29.6 Å². The van der Waals surface area contributed by atoms with Crippen LogP contribution in [0.25, 0.3) is 11.0 Å². The minimum atomic E-state index is -0.458. The number of aromatic nitrogens is 2. The van der Waals surface area contributed by atoms with Gasteiger partial charge in [0.1, 0.15) is 0 Å². The van der Waals surface area contributed by atoms with Crippen LogP contribution in [0.15, 0.2) is 54.7 Å². The molecule has 3 aromatic rings. The van der Waals surface area contributed by atoms with Gasteiger partial charge in [0.2, 0.25) is 0 Å². The summed E-state index contributed by atoms with van der Waals surface area (Å²) in [5.41, 5.74) is 1.78. The number of piperidine rings is 1. The second-order valence-electron chi connectivity index (χ2n) is 6.66. The summed E-state index contributed by atoms with van der Waals surface area (Å²) in [6.07, 6.45) is 3.43. The number of fused-ring (bicyclic) bond motifs is 1. The highest BCUT2D eigenvalue weighted by Crippen LogP contribution is 2.28. The first-order valence-electron chi connectivity index (χ1n) is 9.07. The van der Waals surface area contributed by atoms with Gasteiger partial charge >= 0.3 is 0 Å². The predicted octanol–water partition coefficient (Wildman–Crippen LogP) is 3.55. The zero-order valence-corrected chi connectivity index (χ0v) is 14.8. The topological polar surface area (TPSA) is 55.3 Å². The molecule has 1 fully saturated rings. The van der Waals surface area contributed by atoms with E-state index >= 15 is 0 Å². The van der Waals surface area contributed by atoms with Gasteiger partial charge in [-0.1, -0.05) is 12.1 Å². The molecule has 0 radical (unpaired) electrons. The maximum atomic E-state index is 13.6. The maximum Gasteiger partial charge on any atom is 0.260 e. The van der Waals surface area contributed by atoms with Crippen LogP contribution in [0.2, 0.25) is 0 Å². The van der Waals surface area contributed by atoms with Crippen molar-refractivity contribution in [3.05, 3.63) is 66.2 Å². The standard InChI is InChI=1S/C21H20FN3O2/c22-17-5-1-2-6-19(17)27-14-20(26)25-12-9-15(10-13-25)18-8-7-16-4-3-11-23-21(16)24-18/h1-8,11,15H,9-10,12-14H2. The Morgan fingerprint density at radius 1 is 1.11 bits per heavy atom. The number of benzene rings is 1. The van der Waals surface area contributed by atoms with Gasteiger partial charge in [0.15, 0.2) is 23.8 Å². The molecule has 4 rings (SSSR count). The smallest absolute Gasteiger partial charge is 0.260 e. The molecule has 1 aliphatic rings. The zero-order valence-electron chi connectivity index (χ0n) is 14.8. The normalized spacial score (nSPS) is 15.1. The molecule has 6 heteroatoms. The van der Waals surface area contributed by atoms with Gasteiger partial charge < -0.3 is 9.64 Å². The first-order valence-corrected chi connectivity index (χ1v) is 9.07. The summed E-state index contributed by atoms with van der Waals surface area (Å²) in [6.45, 7) is 1.14. The monoisotopic (exact) mass is 365 g/mol. The molecule has 138 valence electrons. The summed E-state index contributed by atoms with van der Waals surface area (Å²) in [6, 6.07) is 14.1. The van der Waals surface area contributed by atoms with Gasteiger partial charge in [-0.3, -0.25) is 4.79 Å². The van der Waals surface area contributed by atoms with Crippen LogP contribution in [-0.2, 0) is 4.79 Å². The molecular weight excluding hydrogens is 345 g/mol. The van der Waals surface area contributed by atoms with Crippen LogP contribution in [0.5, 0.6) is 5.75 Å². The summed E-state index contributed by atoms with van der Waals surface area (Å²) in [7, 11) is 0. The molecule has 0 atom stereocenters. The lowest BCUT2D eigenvalue weighted by atomic mass is 9.93. The molecule has 0 aliphatic carbocycles. The van der Waals surface area contributed by atoms with Crippen molar-refractivity contribution in [3.63, 3.8) is 0 Å². The predicted molar refractivity (Wildman–Crippen MR) is 100.0 cm³/mol. The number of halogens is 1. The molecule has 0 saturated carbocycles. The van der Waals surface area contributed by atoms with Gasteiger partial charge in [-0.15, -0.1) is 0 Å². The molecule has 1 aromatic carbocycles. The molecule has 0 bridgehead atoms. The van der Waals surface area contributed by atoms with Crippen LogP contribution < -0.4 is 4.74 Å². The van der Waals surface area contributed by atoms with Crippen molar-refractivity contribution in [3.8, 4) is 5.75 Å². The number of rotatable bonds is 4. The lowest BCUT2D eigenvalue weighted by Crippen LogP contribution is -2.40. The van der Waals surface area contributed by atoms with E-state index in [1.54, 1.807) is 23.2 Å². The van der Waals surface area contributed by atoms with E-state index < -0.39 is 5.82 Å². The van der Waals surface area contributed by atoms with E-state index in [4.69, 9.17) is 4.74 Å². The number of para-hydroxylation sites is 1. The average Bonchev–Trinajstić information content (AvgIpc) is 2.73. The van der Waals surface area contributed by atoms with E-state index in [2.05, 4.69) is 9.97 Å². The highest BCUT2D eigenvalue weighted by Gasteiger charge is 2.25. The number of pyridine rings is 2. The lowest BCUT2D eigenvalue weighted by molar-refractivity contribution is -0.134. The Balaban J connectivity index is 1.34. The molecule has 1 aliphatic heterocycles. The lowest BCUT2D eigenvalue weighted by Gasteiger charge is -2.31. The van der Waals surface area contributed by atoms with E-state index in [9.17, 15) is 9.18 Å². The summed E-state index contributed by atoms with van der Waals surface area (Å²) in [5.74, 6) is -0.161. The van der Waals surface area contributed by atoms with Crippen molar-refractivity contribution < 1.29 is 13.9 Å².